The summed E-state index contributed by atoms with van der Waals surface area (Å²) >= 11 is 0. The number of fused-ring (bicyclic) bond motifs is 1. The first kappa shape index (κ1) is 18.8. The number of allylic oxidation sites excluding steroid dienone is 1. The average Bonchev–Trinajstić information content (AvgIpc) is 2.66. The summed E-state index contributed by atoms with van der Waals surface area (Å²) in [6.45, 7) is 1.18. The zero-order chi connectivity index (χ0) is 19.3. The molecular weight excluding hydrogens is 353 g/mol. The van der Waals surface area contributed by atoms with Crippen molar-refractivity contribution in [3.8, 4) is 22.6 Å². The number of hydrogen-bond acceptors (Lipinski definition) is 2. The van der Waals surface area contributed by atoms with Crippen molar-refractivity contribution in [2.24, 2.45) is 0 Å². The van der Waals surface area contributed by atoms with Crippen molar-refractivity contribution in [1.82, 2.24) is 0 Å². The van der Waals surface area contributed by atoms with Gasteiger partial charge in [0.15, 0.2) is 6.61 Å². The second-order valence-electron chi connectivity index (χ2n) is 6.03. The lowest BCUT2D eigenvalue weighted by Crippen LogP contribution is -2.19. The van der Waals surface area contributed by atoms with Gasteiger partial charge in [-0.25, -0.2) is 0 Å². The van der Waals surface area contributed by atoms with E-state index in [9.17, 15) is 13.2 Å². The van der Waals surface area contributed by atoms with Gasteiger partial charge in [0.05, 0.1) is 0 Å². The van der Waals surface area contributed by atoms with E-state index >= 15 is 0 Å². The van der Waals surface area contributed by atoms with Gasteiger partial charge in [0, 0.05) is 0 Å². The van der Waals surface area contributed by atoms with E-state index < -0.39 is 12.8 Å². The fraction of sp³-hybridized carbons (Fsp3) is 0.182. The first-order chi connectivity index (χ1) is 12.9. The molecule has 0 aliphatic rings. The summed E-state index contributed by atoms with van der Waals surface area (Å²) in [4.78, 5) is 0. The topological polar surface area (TPSA) is 18.5 Å². The van der Waals surface area contributed by atoms with Crippen LogP contribution in [-0.2, 0) is 0 Å². The van der Waals surface area contributed by atoms with Crippen molar-refractivity contribution in [2.75, 3.05) is 13.2 Å². The van der Waals surface area contributed by atoms with Crippen molar-refractivity contribution in [1.29, 1.82) is 0 Å². The molecule has 0 atom stereocenters. The standard InChI is InChI=1S/C22H19F3O2/c1-2-3-12-26-20-9-6-16(7-10-20)17-4-5-19-14-21(11-8-18(19)13-17)27-15-22(23,24)25/h2-11,13-14H,12,15H2,1H3. The van der Waals surface area contributed by atoms with Gasteiger partial charge in [-0.05, 0) is 59.2 Å². The molecule has 0 heterocycles. The lowest BCUT2D eigenvalue weighted by Gasteiger charge is -2.10. The molecule has 3 aromatic rings. The van der Waals surface area contributed by atoms with Gasteiger partial charge in [0.2, 0.25) is 0 Å². The van der Waals surface area contributed by atoms with Crippen molar-refractivity contribution in [2.45, 2.75) is 13.1 Å². The molecule has 0 bridgehead atoms. The number of benzene rings is 3. The highest BCUT2D eigenvalue weighted by Gasteiger charge is 2.28. The maximum atomic E-state index is 12.3. The van der Waals surface area contributed by atoms with E-state index in [0.29, 0.717) is 6.61 Å². The van der Waals surface area contributed by atoms with Gasteiger partial charge in [0.1, 0.15) is 18.1 Å². The van der Waals surface area contributed by atoms with E-state index in [1.165, 1.54) is 0 Å². The zero-order valence-corrected chi connectivity index (χ0v) is 14.8. The Bertz CT molecular complexity index is 928. The minimum atomic E-state index is -4.35. The largest absolute Gasteiger partial charge is 0.490 e. The summed E-state index contributed by atoms with van der Waals surface area (Å²) in [6, 6.07) is 18.5. The molecule has 0 aromatic heterocycles. The van der Waals surface area contributed by atoms with Crippen molar-refractivity contribution in [3.05, 3.63) is 72.8 Å². The molecule has 0 spiro atoms. The molecule has 0 amide bonds. The highest BCUT2D eigenvalue weighted by molar-refractivity contribution is 5.88. The van der Waals surface area contributed by atoms with Gasteiger partial charge in [-0.2, -0.15) is 13.2 Å². The molecule has 27 heavy (non-hydrogen) atoms. The Balaban J connectivity index is 1.76. The highest BCUT2D eigenvalue weighted by atomic mass is 19.4. The molecule has 140 valence electrons. The molecule has 0 saturated carbocycles. The summed E-state index contributed by atoms with van der Waals surface area (Å²) in [5.41, 5.74) is 2.05. The second kappa shape index (κ2) is 8.16. The molecule has 0 fully saturated rings. The molecule has 2 nitrogen and oxygen atoms in total. The third-order valence-electron chi connectivity index (χ3n) is 3.98. The molecule has 3 rings (SSSR count). The zero-order valence-electron chi connectivity index (χ0n) is 14.8. The van der Waals surface area contributed by atoms with Gasteiger partial charge in [-0.15, -0.1) is 0 Å². The van der Waals surface area contributed by atoms with E-state index in [1.54, 1.807) is 18.2 Å². The first-order valence-corrected chi connectivity index (χ1v) is 8.52. The van der Waals surface area contributed by atoms with E-state index in [2.05, 4.69) is 0 Å². The Morgan fingerprint density at radius 2 is 1.41 bits per heavy atom. The maximum Gasteiger partial charge on any atom is 0.422 e. The minimum Gasteiger partial charge on any atom is -0.490 e. The SMILES string of the molecule is CC=CCOc1ccc(-c2ccc3cc(OCC(F)(F)F)ccc3c2)cc1. The number of alkyl halides is 3. The fourth-order valence-electron chi connectivity index (χ4n) is 2.64. The molecule has 0 N–H and O–H groups in total. The Hall–Kier alpha value is -2.95. The van der Waals surface area contributed by atoms with Crippen molar-refractivity contribution < 1.29 is 22.6 Å². The Labute approximate surface area is 155 Å². The van der Waals surface area contributed by atoms with E-state index in [1.807, 2.05) is 61.5 Å². The summed E-state index contributed by atoms with van der Waals surface area (Å²) in [5, 5.41) is 1.75. The summed E-state index contributed by atoms with van der Waals surface area (Å²) in [7, 11) is 0. The molecule has 0 aliphatic carbocycles. The molecule has 0 aliphatic heterocycles. The lowest BCUT2D eigenvalue weighted by atomic mass is 10.0. The summed E-state index contributed by atoms with van der Waals surface area (Å²) < 4.78 is 47.2. The van der Waals surface area contributed by atoms with Crippen molar-refractivity contribution in [3.63, 3.8) is 0 Å². The molecule has 0 unspecified atom stereocenters. The maximum absolute atomic E-state index is 12.3. The van der Waals surface area contributed by atoms with Crippen LogP contribution in [0, 0.1) is 0 Å². The predicted octanol–water partition coefficient (Wildman–Crippen LogP) is 6.40. The second-order valence-corrected chi connectivity index (χ2v) is 6.03. The van der Waals surface area contributed by atoms with Gasteiger partial charge >= 0.3 is 6.18 Å². The van der Waals surface area contributed by atoms with E-state index in [0.717, 1.165) is 27.6 Å². The summed E-state index contributed by atoms with van der Waals surface area (Å²) in [5.74, 6) is 0.999. The van der Waals surface area contributed by atoms with E-state index in [4.69, 9.17) is 9.47 Å². The molecule has 3 aromatic carbocycles. The van der Waals surface area contributed by atoms with Gasteiger partial charge in [0.25, 0.3) is 0 Å². The van der Waals surface area contributed by atoms with Crippen LogP contribution in [0.1, 0.15) is 6.92 Å². The predicted molar refractivity (Wildman–Crippen MR) is 101 cm³/mol. The Kier molecular flexibility index (Phi) is 5.69. The van der Waals surface area contributed by atoms with Crippen LogP contribution >= 0.6 is 0 Å². The smallest absolute Gasteiger partial charge is 0.422 e. The van der Waals surface area contributed by atoms with Crippen LogP contribution in [0.15, 0.2) is 72.8 Å². The van der Waals surface area contributed by atoms with Gasteiger partial charge in [-0.1, -0.05) is 42.5 Å². The number of rotatable bonds is 6. The van der Waals surface area contributed by atoms with Crippen LogP contribution < -0.4 is 9.47 Å². The van der Waals surface area contributed by atoms with Crippen LogP contribution in [0.2, 0.25) is 0 Å². The van der Waals surface area contributed by atoms with Crippen LogP contribution in [-0.4, -0.2) is 19.4 Å². The Morgan fingerprint density at radius 1 is 0.778 bits per heavy atom. The van der Waals surface area contributed by atoms with Crippen LogP contribution in [0.25, 0.3) is 21.9 Å². The lowest BCUT2D eigenvalue weighted by molar-refractivity contribution is -0.153. The fourth-order valence-corrected chi connectivity index (χ4v) is 2.64. The molecular formula is C22H19F3O2. The minimum absolute atomic E-state index is 0.204. The quantitative estimate of drug-likeness (QED) is 0.466. The van der Waals surface area contributed by atoms with E-state index in [-0.39, 0.29) is 5.75 Å². The monoisotopic (exact) mass is 372 g/mol. The van der Waals surface area contributed by atoms with Crippen LogP contribution in [0.5, 0.6) is 11.5 Å². The molecule has 0 saturated heterocycles. The molecule has 0 radical (unpaired) electrons. The Morgan fingerprint density at radius 3 is 2.11 bits per heavy atom. The first-order valence-electron chi connectivity index (χ1n) is 8.52. The average molecular weight is 372 g/mol. The third-order valence-corrected chi connectivity index (χ3v) is 3.98. The normalized spacial score (nSPS) is 11.9. The number of hydrogen-bond donors (Lipinski definition) is 0. The van der Waals surface area contributed by atoms with Crippen molar-refractivity contribution >= 4 is 10.8 Å². The summed E-state index contributed by atoms with van der Waals surface area (Å²) in [6.07, 6.45) is -0.478. The number of ether oxygens (including phenoxy) is 2. The third kappa shape index (κ3) is 5.26. The van der Waals surface area contributed by atoms with Gasteiger partial charge in [-0.3, -0.25) is 0 Å². The van der Waals surface area contributed by atoms with Crippen LogP contribution in [0.3, 0.4) is 0 Å². The van der Waals surface area contributed by atoms with Gasteiger partial charge < -0.3 is 9.47 Å². The number of halogens is 3. The highest BCUT2D eigenvalue weighted by Crippen LogP contribution is 2.29. The van der Waals surface area contributed by atoms with Crippen LogP contribution in [0.4, 0.5) is 13.2 Å². The molecule has 5 heteroatoms.